The maximum Gasteiger partial charge on any atom is 0.269 e. The number of benzene rings is 1. The Morgan fingerprint density at radius 3 is 2.79 bits per heavy atom. The molecule has 1 aromatic carbocycles. The van der Waals surface area contributed by atoms with Gasteiger partial charge in [-0.05, 0) is 37.4 Å². The first-order valence-corrected chi connectivity index (χ1v) is 6.63. The zero-order valence-corrected chi connectivity index (χ0v) is 11.1. The molecular weight excluding hydrogens is 244 g/mol. The van der Waals surface area contributed by atoms with Crippen LogP contribution in [0.5, 0.6) is 0 Å². The Hall–Kier alpha value is -1.66. The molecule has 1 fully saturated rings. The van der Waals surface area contributed by atoms with Gasteiger partial charge in [0, 0.05) is 24.7 Å². The van der Waals surface area contributed by atoms with Gasteiger partial charge in [-0.2, -0.15) is 0 Å². The molecule has 1 aliphatic rings. The lowest BCUT2D eigenvalue weighted by Crippen LogP contribution is -2.27. The molecule has 6 heteroatoms. The highest BCUT2D eigenvalue weighted by Gasteiger charge is 2.29. The predicted octanol–water partition coefficient (Wildman–Crippen LogP) is 2.25. The molecule has 0 atom stereocenters. The van der Waals surface area contributed by atoms with Crippen molar-refractivity contribution in [2.24, 2.45) is 5.84 Å². The van der Waals surface area contributed by atoms with Crippen LogP contribution in [-0.2, 0) is 6.54 Å². The van der Waals surface area contributed by atoms with Gasteiger partial charge in [0.05, 0.1) is 10.6 Å². The van der Waals surface area contributed by atoms with Gasteiger partial charge >= 0.3 is 0 Å². The number of hydrazine groups is 1. The molecule has 0 aromatic heterocycles. The number of hydrogen-bond acceptors (Lipinski definition) is 5. The van der Waals surface area contributed by atoms with Crippen LogP contribution in [-0.4, -0.2) is 22.4 Å². The summed E-state index contributed by atoms with van der Waals surface area (Å²) in [6, 6.07) is 5.38. The van der Waals surface area contributed by atoms with Crippen molar-refractivity contribution >= 4 is 11.4 Å². The molecule has 6 nitrogen and oxygen atoms in total. The number of nitro groups is 1. The molecule has 0 bridgehead atoms. The van der Waals surface area contributed by atoms with Crippen molar-refractivity contribution in [3.05, 3.63) is 33.9 Å². The summed E-state index contributed by atoms with van der Waals surface area (Å²) in [5.41, 5.74) is 4.37. The Morgan fingerprint density at radius 2 is 2.26 bits per heavy atom. The van der Waals surface area contributed by atoms with Crippen LogP contribution in [0.3, 0.4) is 0 Å². The summed E-state index contributed by atoms with van der Waals surface area (Å²) in [6.07, 6.45) is 3.53. The fraction of sp³-hybridized carbons (Fsp3) is 0.538. The number of nitrogens with zero attached hydrogens (tertiary/aromatic N) is 2. The molecule has 1 saturated carbocycles. The molecule has 0 spiro atoms. The van der Waals surface area contributed by atoms with Crippen molar-refractivity contribution in [1.82, 2.24) is 4.90 Å². The summed E-state index contributed by atoms with van der Waals surface area (Å²) in [7, 11) is 0. The van der Waals surface area contributed by atoms with Gasteiger partial charge in [0.25, 0.3) is 5.69 Å². The van der Waals surface area contributed by atoms with Crippen molar-refractivity contribution in [2.75, 3.05) is 12.0 Å². The van der Waals surface area contributed by atoms with Gasteiger partial charge < -0.3 is 5.43 Å². The molecule has 104 valence electrons. The third-order valence-electron chi connectivity index (χ3n) is 3.40. The number of nitrogen functional groups attached to an aromatic ring is 1. The molecule has 0 saturated heterocycles. The van der Waals surface area contributed by atoms with Crippen LogP contribution >= 0.6 is 0 Å². The van der Waals surface area contributed by atoms with Crippen LogP contribution < -0.4 is 11.3 Å². The van der Waals surface area contributed by atoms with Crippen molar-refractivity contribution in [1.29, 1.82) is 0 Å². The van der Waals surface area contributed by atoms with Gasteiger partial charge in [0.1, 0.15) is 0 Å². The number of rotatable bonds is 7. The second kappa shape index (κ2) is 5.99. The van der Waals surface area contributed by atoms with E-state index >= 15 is 0 Å². The van der Waals surface area contributed by atoms with E-state index in [0.717, 1.165) is 24.2 Å². The molecule has 2 rings (SSSR count). The van der Waals surface area contributed by atoms with E-state index < -0.39 is 0 Å². The highest BCUT2D eigenvalue weighted by Crippen LogP contribution is 2.30. The monoisotopic (exact) mass is 264 g/mol. The highest BCUT2D eigenvalue weighted by molar-refractivity contribution is 5.55. The lowest BCUT2D eigenvalue weighted by molar-refractivity contribution is -0.384. The first-order valence-electron chi connectivity index (χ1n) is 6.63. The molecule has 3 N–H and O–H groups in total. The smallest absolute Gasteiger partial charge is 0.269 e. The number of nitrogens with two attached hydrogens (primary N) is 1. The van der Waals surface area contributed by atoms with E-state index in [1.165, 1.54) is 18.9 Å². The van der Waals surface area contributed by atoms with Crippen LogP contribution in [0.15, 0.2) is 18.2 Å². The number of nitrogens with one attached hydrogen (secondary N) is 1. The summed E-state index contributed by atoms with van der Waals surface area (Å²) in [5, 5.41) is 10.9. The van der Waals surface area contributed by atoms with Crippen LogP contribution in [0, 0.1) is 10.1 Å². The second-order valence-corrected chi connectivity index (χ2v) is 4.94. The van der Waals surface area contributed by atoms with Crippen molar-refractivity contribution in [3.8, 4) is 0 Å². The van der Waals surface area contributed by atoms with Gasteiger partial charge in [0.2, 0.25) is 0 Å². The predicted molar refractivity (Wildman–Crippen MR) is 74.6 cm³/mol. The fourth-order valence-electron chi connectivity index (χ4n) is 2.30. The zero-order valence-electron chi connectivity index (χ0n) is 11.1. The van der Waals surface area contributed by atoms with Gasteiger partial charge in [-0.15, -0.1) is 0 Å². The molecule has 1 aliphatic carbocycles. The van der Waals surface area contributed by atoms with Gasteiger partial charge in [-0.1, -0.05) is 6.92 Å². The Kier molecular flexibility index (Phi) is 4.34. The van der Waals surface area contributed by atoms with Crippen molar-refractivity contribution in [3.63, 3.8) is 0 Å². The van der Waals surface area contributed by atoms with E-state index in [1.54, 1.807) is 12.1 Å². The topological polar surface area (TPSA) is 84.4 Å². The maximum atomic E-state index is 10.9. The zero-order chi connectivity index (χ0) is 13.8. The van der Waals surface area contributed by atoms with Gasteiger partial charge in [-0.3, -0.25) is 20.9 Å². The largest absolute Gasteiger partial charge is 0.324 e. The van der Waals surface area contributed by atoms with Crippen LogP contribution in [0.25, 0.3) is 0 Å². The standard InChI is InChI=1S/C13H20N4O2/c1-2-7-16(11-3-4-11)9-10-8-12(17(18)19)5-6-13(10)15-14/h5-6,8,11,15H,2-4,7,9,14H2,1H3. The van der Waals surface area contributed by atoms with Crippen molar-refractivity contribution < 1.29 is 4.92 Å². The number of non-ortho nitro benzene ring substituents is 1. The molecular formula is C13H20N4O2. The third kappa shape index (κ3) is 3.42. The molecule has 0 heterocycles. The quantitative estimate of drug-likeness (QED) is 0.448. The van der Waals surface area contributed by atoms with Crippen molar-refractivity contribution in [2.45, 2.75) is 38.8 Å². The van der Waals surface area contributed by atoms with E-state index in [1.807, 2.05) is 0 Å². The van der Waals surface area contributed by atoms with Gasteiger partial charge in [0.15, 0.2) is 0 Å². The third-order valence-corrected chi connectivity index (χ3v) is 3.40. The van der Waals surface area contributed by atoms with Crippen LogP contribution in [0.2, 0.25) is 0 Å². The maximum absolute atomic E-state index is 10.9. The summed E-state index contributed by atoms with van der Waals surface area (Å²) in [6.45, 7) is 3.86. The average Bonchev–Trinajstić information content (AvgIpc) is 3.22. The minimum absolute atomic E-state index is 0.112. The van der Waals surface area contributed by atoms with Crippen LogP contribution in [0.1, 0.15) is 31.7 Å². The Morgan fingerprint density at radius 1 is 1.53 bits per heavy atom. The second-order valence-electron chi connectivity index (χ2n) is 4.94. The normalized spacial score (nSPS) is 14.7. The van der Waals surface area contributed by atoms with E-state index in [2.05, 4.69) is 17.2 Å². The first-order chi connectivity index (χ1) is 9.15. The number of hydrogen-bond donors (Lipinski definition) is 2. The molecule has 0 unspecified atom stereocenters. The summed E-state index contributed by atoms with van der Waals surface area (Å²) >= 11 is 0. The molecule has 1 aromatic rings. The molecule has 0 aliphatic heterocycles. The van der Waals surface area contributed by atoms with E-state index in [-0.39, 0.29) is 10.6 Å². The minimum atomic E-state index is -0.370. The average molecular weight is 264 g/mol. The lowest BCUT2D eigenvalue weighted by atomic mass is 10.1. The molecule has 19 heavy (non-hydrogen) atoms. The van der Waals surface area contributed by atoms with Gasteiger partial charge in [-0.25, -0.2) is 0 Å². The summed E-state index contributed by atoms with van der Waals surface area (Å²) in [4.78, 5) is 12.9. The Bertz CT molecular complexity index is 460. The first kappa shape index (κ1) is 13.8. The number of anilines is 1. The minimum Gasteiger partial charge on any atom is -0.324 e. The summed E-state index contributed by atoms with van der Waals surface area (Å²) in [5.74, 6) is 5.48. The van der Waals surface area contributed by atoms with Crippen LogP contribution in [0.4, 0.5) is 11.4 Å². The lowest BCUT2D eigenvalue weighted by Gasteiger charge is -2.22. The molecule has 0 radical (unpaired) electrons. The fourth-order valence-corrected chi connectivity index (χ4v) is 2.30. The van der Waals surface area contributed by atoms with E-state index in [9.17, 15) is 10.1 Å². The SMILES string of the molecule is CCCN(Cc1cc([N+](=O)[O-])ccc1NN)C1CC1. The Labute approximate surface area is 112 Å². The number of nitro benzene ring substituents is 1. The van der Waals surface area contributed by atoms with E-state index in [4.69, 9.17) is 5.84 Å². The highest BCUT2D eigenvalue weighted by atomic mass is 16.6. The van der Waals surface area contributed by atoms with E-state index in [0.29, 0.717) is 12.6 Å². The summed E-state index contributed by atoms with van der Waals surface area (Å²) < 4.78 is 0. The molecule has 0 amide bonds. The Balaban J connectivity index is 2.20.